The van der Waals surface area contributed by atoms with Crippen LogP contribution in [0.3, 0.4) is 0 Å². The van der Waals surface area contributed by atoms with Crippen molar-refractivity contribution in [3.05, 3.63) is 35.6 Å². The van der Waals surface area contributed by atoms with Crippen LogP contribution in [0.2, 0.25) is 0 Å². The van der Waals surface area contributed by atoms with Crippen molar-refractivity contribution in [1.82, 2.24) is 0 Å². The van der Waals surface area contributed by atoms with E-state index < -0.39 is 0 Å². The quantitative estimate of drug-likeness (QED) is 0.470. The van der Waals surface area contributed by atoms with Crippen molar-refractivity contribution < 1.29 is 25.5 Å². The number of ether oxygens (including phenoxy) is 1. The van der Waals surface area contributed by atoms with Crippen molar-refractivity contribution in [2.24, 2.45) is 0 Å². The van der Waals surface area contributed by atoms with Gasteiger partial charge in [0.25, 0.3) is 0 Å². The Balaban J connectivity index is 0.000000791. The van der Waals surface area contributed by atoms with E-state index in [0.717, 1.165) is 12.0 Å². The number of rotatable bonds is 4. The summed E-state index contributed by atoms with van der Waals surface area (Å²) in [5.41, 5.74) is 0.767. The molecule has 0 radical (unpaired) electrons. The van der Waals surface area contributed by atoms with Crippen LogP contribution in [0.1, 0.15) is 18.9 Å². The molecular formula is C10H12BrFOZn. The van der Waals surface area contributed by atoms with E-state index in [1.807, 2.05) is 6.92 Å². The van der Waals surface area contributed by atoms with Crippen LogP contribution in [0.5, 0.6) is 0 Å². The summed E-state index contributed by atoms with van der Waals surface area (Å²) < 4.78 is 17.8. The van der Waals surface area contributed by atoms with E-state index in [-0.39, 0.29) is 5.82 Å². The molecule has 1 rings (SSSR count). The van der Waals surface area contributed by atoms with Gasteiger partial charge in [-0.1, -0.05) is 6.92 Å². The van der Waals surface area contributed by atoms with Gasteiger partial charge in [0, 0.05) is 19.0 Å². The van der Waals surface area contributed by atoms with Crippen molar-refractivity contribution in [1.29, 1.82) is 0 Å². The minimum absolute atomic E-state index is 0.233. The molecule has 1 aromatic carbocycles. The predicted molar refractivity (Wildman–Crippen MR) is 54.1 cm³/mol. The van der Waals surface area contributed by atoms with Gasteiger partial charge in [0.05, 0.1) is 0 Å². The van der Waals surface area contributed by atoms with Crippen LogP contribution in [0.4, 0.5) is 4.39 Å². The van der Waals surface area contributed by atoms with Gasteiger partial charge in [0.1, 0.15) is 0 Å². The summed E-state index contributed by atoms with van der Waals surface area (Å²) in [5.74, 6) is -0.233. The maximum absolute atomic E-state index is 12.6. The van der Waals surface area contributed by atoms with Gasteiger partial charge in [-0.25, -0.2) is 4.39 Å². The average Bonchev–Trinajstić information content (AvgIpc) is 2.21. The van der Waals surface area contributed by atoms with Crippen molar-refractivity contribution in [2.45, 2.75) is 20.0 Å². The van der Waals surface area contributed by atoms with Gasteiger partial charge in [-0.2, -0.15) is 12.1 Å². The first-order valence-electron chi connectivity index (χ1n) is 4.33. The average molecular weight is 312 g/mol. The Morgan fingerprint density at radius 2 is 2.29 bits per heavy atom. The topological polar surface area (TPSA) is 9.23 Å². The van der Waals surface area contributed by atoms with Gasteiger partial charge in [-0.3, -0.25) is 0 Å². The van der Waals surface area contributed by atoms with Crippen molar-refractivity contribution in [3.8, 4) is 0 Å². The Bertz CT molecular complexity index is 245. The second-order valence-corrected chi connectivity index (χ2v) is 2.58. The van der Waals surface area contributed by atoms with E-state index in [1.165, 1.54) is 28.5 Å². The molecule has 14 heavy (non-hydrogen) atoms. The van der Waals surface area contributed by atoms with Crippen LogP contribution in [-0.4, -0.2) is 6.61 Å². The van der Waals surface area contributed by atoms with Crippen molar-refractivity contribution >= 4 is 13.6 Å². The standard InChI is InChI=1S/C10H12FO.BrH.Zn/c1-2-6-12-8-9-4-3-5-10(11)7-9;;/h3,5,7H,2,6,8H2,1H3;1H;/q-1;;+2/p-1. The van der Waals surface area contributed by atoms with Crippen molar-refractivity contribution in [3.63, 3.8) is 0 Å². The zero-order valence-electron chi connectivity index (χ0n) is 8.22. The van der Waals surface area contributed by atoms with Crippen LogP contribution in [-0.2, 0) is 27.7 Å². The Hall–Kier alpha value is 0.213. The molecule has 0 aliphatic heterocycles. The number of benzene rings is 1. The molecule has 0 bridgehead atoms. The van der Waals surface area contributed by atoms with Crippen molar-refractivity contribution in [2.75, 3.05) is 6.61 Å². The van der Waals surface area contributed by atoms with Gasteiger partial charge in [0.2, 0.25) is 0 Å². The second-order valence-electron chi connectivity index (χ2n) is 2.58. The summed E-state index contributed by atoms with van der Waals surface area (Å²) in [5, 5.41) is 0. The molecular weight excluding hydrogens is 300 g/mol. The molecule has 0 amide bonds. The van der Waals surface area contributed by atoms with E-state index >= 15 is 0 Å². The molecule has 0 fully saturated rings. The zero-order valence-corrected chi connectivity index (χ0v) is 12.8. The Kier molecular flexibility index (Phi) is 9.91. The van der Waals surface area contributed by atoms with Crippen LogP contribution in [0.15, 0.2) is 18.2 Å². The number of hydrogen-bond acceptors (Lipinski definition) is 1. The summed E-state index contributed by atoms with van der Waals surface area (Å²) in [7, 11) is 0. The fourth-order valence-electron chi connectivity index (χ4n) is 0.894. The molecule has 0 unspecified atom stereocenters. The van der Waals surface area contributed by atoms with E-state index in [4.69, 9.17) is 4.74 Å². The molecule has 0 saturated carbocycles. The minimum atomic E-state index is -0.233. The first-order valence-corrected chi connectivity index (χ1v) is 11.3. The molecule has 0 spiro atoms. The molecule has 0 heterocycles. The van der Waals surface area contributed by atoms with E-state index in [2.05, 4.69) is 19.7 Å². The molecule has 4 heteroatoms. The molecule has 0 aliphatic carbocycles. The van der Waals surface area contributed by atoms with Gasteiger partial charge < -0.3 is 4.74 Å². The Labute approximate surface area is 101 Å². The summed E-state index contributed by atoms with van der Waals surface area (Å²) in [6.07, 6.45) is 0.981. The van der Waals surface area contributed by atoms with Crippen LogP contribution < -0.4 is 0 Å². The maximum atomic E-state index is 12.6. The number of hydrogen-bond donors (Lipinski definition) is 0. The van der Waals surface area contributed by atoms with Gasteiger partial charge in [-0.15, -0.1) is 17.7 Å². The molecule has 0 N–H and O–H groups in total. The third-order valence-corrected chi connectivity index (χ3v) is 1.43. The summed E-state index contributed by atoms with van der Waals surface area (Å²) in [6, 6.07) is 7.29. The third-order valence-electron chi connectivity index (χ3n) is 1.43. The molecule has 0 atom stereocenters. The fraction of sp³-hybridized carbons (Fsp3) is 0.400. The molecule has 1 nitrogen and oxygen atoms in total. The van der Waals surface area contributed by atoms with Crippen LogP contribution in [0, 0.1) is 11.9 Å². The first kappa shape index (κ1) is 14.2. The number of halogens is 2. The van der Waals surface area contributed by atoms with Crippen LogP contribution >= 0.6 is 13.6 Å². The zero-order chi connectivity index (χ0) is 10.8. The van der Waals surface area contributed by atoms with Gasteiger partial charge >= 0.3 is 30.0 Å². The van der Waals surface area contributed by atoms with Crippen LogP contribution in [0.25, 0.3) is 0 Å². The molecule has 1 aromatic rings. The molecule has 0 aliphatic rings. The first-order chi connectivity index (χ1) is 6.83. The Morgan fingerprint density at radius 3 is 2.86 bits per heavy atom. The molecule has 0 saturated heterocycles. The monoisotopic (exact) mass is 310 g/mol. The van der Waals surface area contributed by atoms with E-state index in [9.17, 15) is 4.39 Å². The summed E-state index contributed by atoms with van der Waals surface area (Å²) in [6.45, 7) is 3.20. The molecule has 0 aromatic heterocycles. The summed E-state index contributed by atoms with van der Waals surface area (Å²) in [4.78, 5) is 0. The molecule has 74 valence electrons. The fourth-order valence-corrected chi connectivity index (χ4v) is 0.894. The third kappa shape index (κ3) is 6.64. The second kappa shape index (κ2) is 9.76. The van der Waals surface area contributed by atoms with E-state index in [0.29, 0.717) is 13.2 Å². The van der Waals surface area contributed by atoms with Gasteiger partial charge in [-0.05, 0) is 6.42 Å². The Morgan fingerprint density at radius 1 is 1.57 bits per heavy atom. The SMILES string of the molecule is CCCOCc1[c-]ccc(F)c1.[Zn+][Br]. The summed E-state index contributed by atoms with van der Waals surface area (Å²) >= 11 is 4.25. The van der Waals surface area contributed by atoms with Gasteiger partial charge in [0.15, 0.2) is 0 Å². The predicted octanol–water partition coefficient (Wildman–Crippen LogP) is 3.40. The normalized spacial score (nSPS) is 9.21. The van der Waals surface area contributed by atoms with E-state index in [1.54, 1.807) is 6.07 Å².